The van der Waals surface area contributed by atoms with Crippen LogP contribution in [0.2, 0.25) is 0 Å². The Labute approximate surface area is 134 Å². The van der Waals surface area contributed by atoms with Crippen molar-refractivity contribution < 1.29 is 14.7 Å². The quantitative estimate of drug-likeness (QED) is 0.572. The minimum absolute atomic E-state index is 0.0729. The van der Waals surface area contributed by atoms with E-state index < -0.39 is 11.9 Å². The van der Waals surface area contributed by atoms with Gasteiger partial charge in [0.2, 0.25) is 5.65 Å². The number of rotatable bonds is 3. The number of benzene rings is 1. The fourth-order valence-corrected chi connectivity index (χ4v) is 1.98. The van der Waals surface area contributed by atoms with Gasteiger partial charge in [0.25, 0.3) is 5.91 Å². The molecule has 0 saturated heterocycles. The van der Waals surface area contributed by atoms with Gasteiger partial charge in [-0.2, -0.15) is 0 Å². The van der Waals surface area contributed by atoms with Gasteiger partial charge in [0.15, 0.2) is 5.69 Å². The Hall–Kier alpha value is -4.00. The van der Waals surface area contributed by atoms with Crippen molar-refractivity contribution in [2.75, 3.05) is 11.1 Å². The number of nitrogens with zero attached hydrogens (tertiary/aromatic N) is 5. The van der Waals surface area contributed by atoms with Crippen molar-refractivity contribution in [2.45, 2.75) is 0 Å². The molecule has 4 N–H and O–H groups in total. The van der Waals surface area contributed by atoms with Crippen molar-refractivity contribution in [1.82, 2.24) is 25.3 Å². The lowest BCUT2D eigenvalue weighted by Gasteiger charge is -2.09. The number of nitrogen functional groups attached to an aromatic ring is 1. The Bertz CT molecular complexity index is 1020. The second kappa shape index (κ2) is 5.65. The SMILES string of the molecule is C#Cc1ccc(NC(=O)c2cc(N)c3nnnn3n2)c(C(=O)O)c1. The van der Waals surface area contributed by atoms with Gasteiger partial charge < -0.3 is 16.2 Å². The summed E-state index contributed by atoms with van der Waals surface area (Å²) in [5, 5.41) is 26.2. The first-order valence-corrected chi connectivity index (χ1v) is 6.50. The van der Waals surface area contributed by atoms with E-state index in [-0.39, 0.29) is 28.3 Å². The van der Waals surface area contributed by atoms with Gasteiger partial charge in [-0.25, -0.2) is 4.79 Å². The number of aromatic carboxylic acids is 1. The highest BCUT2D eigenvalue weighted by Crippen LogP contribution is 2.19. The highest BCUT2D eigenvalue weighted by Gasteiger charge is 2.17. The predicted molar refractivity (Wildman–Crippen MR) is 82.3 cm³/mol. The van der Waals surface area contributed by atoms with Crippen molar-refractivity contribution in [2.24, 2.45) is 0 Å². The Morgan fingerprint density at radius 2 is 2.12 bits per heavy atom. The summed E-state index contributed by atoms with van der Waals surface area (Å²) in [6.07, 6.45) is 5.24. The van der Waals surface area contributed by atoms with E-state index in [4.69, 9.17) is 12.2 Å². The highest BCUT2D eigenvalue weighted by atomic mass is 16.4. The number of carboxylic acids is 1. The molecule has 10 nitrogen and oxygen atoms in total. The van der Waals surface area contributed by atoms with Crippen LogP contribution in [-0.2, 0) is 0 Å². The number of nitrogens with one attached hydrogen (secondary N) is 1. The fraction of sp³-hybridized carbons (Fsp3) is 0. The van der Waals surface area contributed by atoms with E-state index in [0.717, 1.165) is 4.63 Å². The number of terminal acetylenes is 1. The zero-order valence-corrected chi connectivity index (χ0v) is 12.0. The van der Waals surface area contributed by atoms with Crippen LogP contribution in [0.25, 0.3) is 5.65 Å². The molecule has 1 amide bonds. The number of aromatic nitrogens is 5. The van der Waals surface area contributed by atoms with E-state index >= 15 is 0 Å². The standard InChI is InChI=1S/C14H9N7O3/c1-2-7-3-4-10(8(5-7)14(23)24)16-13(22)11-6-9(15)12-17-19-20-21(12)18-11/h1,3-6H,15H2,(H,16,22)(H,23,24). The van der Waals surface area contributed by atoms with Gasteiger partial charge in [0.1, 0.15) is 0 Å². The first kappa shape index (κ1) is 14.9. The molecule has 0 atom stereocenters. The van der Waals surface area contributed by atoms with Gasteiger partial charge in [0, 0.05) is 5.56 Å². The van der Waals surface area contributed by atoms with E-state index in [1.807, 2.05) is 0 Å². The molecule has 0 aliphatic heterocycles. The lowest BCUT2D eigenvalue weighted by Crippen LogP contribution is -2.18. The largest absolute Gasteiger partial charge is 0.478 e. The number of hydrogen-bond donors (Lipinski definition) is 3. The number of tetrazole rings is 1. The van der Waals surface area contributed by atoms with Crippen LogP contribution >= 0.6 is 0 Å². The van der Waals surface area contributed by atoms with Crippen molar-refractivity contribution in [3.05, 3.63) is 41.1 Å². The third-order valence-corrected chi connectivity index (χ3v) is 3.10. The maximum absolute atomic E-state index is 12.3. The van der Waals surface area contributed by atoms with Gasteiger partial charge >= 0.3 is 5.97 Å². The van der Waals surface area contributed by atoms with Crippen molar-refractivity contribution in [1.29, 1.82) is 0 Å². The maximum atomic E-state index is 12.3. The fourth-order valence-electron chi connectivity index (χ4n) is 1.98. The molecule has 2 aromatic heterocycles. The van der Waals surface area contributed by atoms with E-state index in [0.29, 0.717) is 5.56 Å². The molecule has 0 bridgehead atoms. The molecule has 0 fully saturated rings. The minimum atomic E-state index is -1.23. The summed E-state index contributed by atoms with van der Waals surface area (Å²) in [5.41, 5.74) is 6.34. The van der Waals surface area contributed by atoms with Gasteiger partial charge in [-0.1, -0.05) is 5.92 Å². The average molecular weight is 323 g/mol. The van der Waals surface area contributed by atoms with Crippen molar-refractivity contribution >= 4 is 28.9 Å². The number of amides is 1. The van der Waals surface area contributed by atoms with Crippen molar-refractivity contribution in [3.63, 3.8) is 0 Å². The molecule has 2 heterocycles. The van der Waals surface area contributed by atoms with Gasteiger partial charge in [-0.05, 0) is 34.7 Å². The predicted octanol–water partition coefficient (Wildman–Crippen LogP) is 0.0333. The molecule has 10 heteroatoms. The topological polar surface area (TPSA) is 148 Å². The first-order valence-electron chi connectivity index (χ1n) is 6.50. The van der Waals surface area contributed by atoms with Crippen LogP contribution in [0.4, 0.5) is 11.4 Å². The average Bonchev–Trinajstić information content (AvgIpc) is 3.04. The molecular weight excluding hydrogens is 314 g/mol. The zero-order chi connectivity index (χ0) is 17.3. The monoisotopic (exact) mass is 323 g/mol. The number of carbonyl (C=O) groups is 2. The molecule has 0 saturated carbocycles. The number of nitrogens with two attached hydrogens (primary N) is 1. The molecule has 118 valence electrons. The van der Waals surface area contributed by atoms with Crippen LogP contribution in [0.1, 0.15) is 26.4 Å². The summed E-state index contributed by atoms with van der Waals surface area (Å²) in [6, 6.07) is 5.48. The molecule has 0 aliphatic carbocycles. The molecule has 24 heavy (non-hydrogen) atoms. The molecule has 0 radical (unpaired) electrons. The summed E-state index contributed by atoms with van der Waals surface area (Å²) >= 11 is 0. The van der Waals surface area contributed by atoms with E-state index in [1.54, 1.807) is 0 Å². The number of carbonyl (C=O) groups excluding carboxylic acids is 1. The molecule has 1 aromatic carbocycles. The smallest absolute Gasteiger partial charge is 0.337 e. The van der Waals surface area contributed by atoms with Crippen LogP contribution < -0.4 is 11.1 Å². The van der Waals surface area contributed by atoms with Crippen molar-refractivity contribution in [3.8, 4) is 12.3 Å². The van der Waals surface area contributed by atoms with E-state index in [9.17, 15) is 14.7 Å². The molecule has 0 aliphatic rings. The molecule has 0 spiro atoms. The third kappa shape index (κ3) is 2.57. The van der Waals surface area contributed by atoms with Crippen LogP contribution in [0, 0.1) is 12.3 Å². The van der Waals surface area contributed by atoms with E-state index in [2.05, 4.69) is 31.9 Å². The summed E-state index contributed by atoms with van der Waals surface area (Å²) in [6.45, 7) is 0. The maximum Gasteiger partial charge on any atom is 0.337 e. The van der Waals surface area contributed by atoms with Crippen LogP contribution in [0.3, 0.4) is 0 Å². The number of hydrogen-bond acceptors (Lipinski definition) is 7. The highest BCUT2D eigenvalue weighted by molar-refractivity contribution is 6.07. The van der Waals surface area contributed by atoms with Crippen LogP contribution in [0.5, 0.6) is 0 Å². The summed E-state index contributed by atoms with van der Waals surface area (Å²) in [4.78, 5) is 23.6. The summed E-state index contributed by atoms with van der Waals surface area (Å²) < 4.78 is 1.00. The Morgan fingerprint density at radius 1 is 1.33 bits per heavy atom. The Morgan fingerprint density at radius 3 is 2.83 bits per heavy atom. The van der Waals surface area contributed by atoms with Gasteiger partial charge in [-0.3, -0.25) is 4.79 Å². The van der Waals surface area contributed by atoms with Gasteiger partial charge in [-0.15, -0.1) is 21.3 Å². The lowest BCUT2D eigenvalue weighted by atomic mass is 10.1. The lowest BCUT2D eigenvalue weighted by molar-refractivity contribution is 0.0698. The summed E-state index contributed by atoms with van der Waals surface area (Å²) in [7, 11) is 0. The summed E-state index contributed by atoms with van der Waals surface area (Å²) in [5.74, 6) is 0.427. The molecule has 0 unspecified atom stereocenters. The number of carboxylic acid groups (broad SMARTS) is 1. The molecule has 3 aromatic rings. The molecular formula is C14H9N7O3. The van der Waals surface area contributed by atoms with Gasteiger partial charge in [0.05, 0.1) is 16.9 Å². The normalized spacial score (nSPS) is 10.3. The minimum Gasteiger partial charge on any atom is -0.478 e. The Balaban J connectivity index is 1.97. The van der Waals surface area contributed by atoms with Crippen LogP contribution in [0.15, 0.2) is 24.3 Å². The van der Waals surface area contributed by atoms with E-state index in [1.165, 1.54) is 24.3 Å². The zero-order valence-electron chi connectivity index (χ0n) is 12.0. The van der Waals surface area contributed by atoms with Crippen LogP contribution in [-0.4, -0.2) is 42.2 Å². The number of anilines is 2. The molecule has 3 rings (SSSR count). The first-order chi connectivity index (χ1) is 11.5. The Kier molecular flexibility index (Phi) is 3.51. The second-order valence-electron chi connectivity index (χ2n) is 4.64. The second-order valence-corrected chi connectivity index (χ2v) is 4.64. The number of fused-ring (bicyclic) bond motifs is 1. The third-order valence-electron chi connectivity index (χ3n) is 3.10.